The van der Waals surface area contributed by atoms with Crippen LogP contribution in [-0.2, 0) is 4.79 Å². The maximum atomic E-state index is 10.6. The van der Waals surface area contributed by atoms with Gasteiger partial charge in [-0.2, -0.15) is 0 Å². The highest BCUT2D eigenvalue weighted by Gasteiger charge is 2.07. The third-order valence-electron chi connectivity index (χ3n) is 1.75. The van der Waals surface area contributed by atoms with Gasteiger partial charge >= 0.3 is 5.97 Å². The second-order valence-corrected chi connectivity index (χ2v) is 2.67. The van der Waals surface area contributed by atoms with E-state index in [-0.39, 0.29) is 0 Å². The van der Waals surface area contributed by atoms with Crippen LogP contribution < -0.4 is 0 Å². The van der Waals surface area contributed by atoms with E-state index in [0.29, 0.717) is 12.0 Å². The molecule has 11 heavy (non-hydrogen) atoms. The molecule has 0 aromatic heterocycles. The Morgan fingerprint density at radius 1 is 1.36 bits per heavy atom. The van der Waals surface area contributed by atoms with E-state index in [4.69, 9.17) is 5.11 Å². The lowest BCUT2D eigenvalue weighted by Crippen LogP contribution is -2.02. The highest BCUT2D eigenvalue weighted by Crippen LogP contribution is 2.13. The lowest BCUT2D eigenvalue weighted by Gasteiger charge is -2.03. The van der Waals surface area contributed by atoms with Gasteiger partial charge < -0.3 is 5.11 Å². The summed E-state index contributed by atoms with van der Waals surface area (Å²) in [4.78, 5) is 10.6. The molecular formula is C9H16O2. The SMILES string of the molecule is CCC/C(C)=C(/CC)C(=O)O. The number of hydrogen-bond donors (Lipinski definition) is 1. The summed E-state index contributed by atoms with van der Waals surface area (Å²) >= 11 is 0. The van der Waals surface area contributed by atoms with Crippen LogP contribution in [0.15, 0.2) is 11.1 Å². The van der Waals surface area contributed by atoms with Crippen LogP contribution in [0.3, 0.4) is 0 Å². The second-order valence-electron chi connectivity index (χ2n) is 2.67. The van der Waals surface area contributed by atoms with Gasteiger partial charge in [0.15, 0.2) is 0 Å². The predicted octanol–water partition coefficient (Wildman–Crippen LogP) is 2.60. The molecule has 0 aromatic carbocycles. The Labute approximate surface area is 67.9 Å². The molecule has 0 spiro atoms. The lowest BCUT2D eigenvalue weighted by atomic mass is 10.0. The van der Waals surface area contributed by atoms with E-state index in [1.54, 1.807) is 0 Å². The second kappa shape index (κ2) is 4.94. The van der Waals surface area contributed by atoms with Crippen molar-refractivity contribution in [2.24, 2.45) is 0 Å². The van der Waals surface area contributed by atoms with Crippen LogP contribution >= 0.6 is 0 Å². The van der Waals surface area contributed by atoms with E-state index in [9.17, 15) is 4.79 Å². The van der Waals surface area contributed by atoms with Crippen LogP contribution in [0.1, 0.15) is 40.0 Å². The number of carbonyl (C=O) groups is 1. The number of hydrogen-bond acceptors (Lipinski definition) is 1. The summed E-state index contributed by atoms with van der Waals surface area (Å²) in [6.45, 7) is 5.83. The van der Waals surface area contributed by atoms with Crippen molar-refractivity contribution < 1.29 is 9.90 Å². The highest BCUT2D eigenvalue weighted by atomic mass is 16.4. The molecule has 0 fully saturated rings. The molecule has 0 aromatic rings. The molecule has 0 unspecified atom stereocenters. The first-order valence-corrected chi connectivity index (χ1v) is 4.05. The molecule has 2 heteroatoms. The first kappa shape index (κ1) is 10.2. The minimum atomic E-state index is -0.765. The van der Waals surface area contributed by atoms with Gasteiger partial charge in [0, 0.05) is 5.57 Å². The maximum Gasteiger partial charge on any atom is 0.331 e. The van der Waals surface area contributed by atoms with Crippen LogP contribution in [0, 0.1) is 0 Å². The van der Waals surface area contributed by atoms with Crippen molar-refractivity contribution >= 4 is 5.97 Å². The summed E-state index contributed by atoms with van der Waals surface area (Å²) in [6.07, 6.45) is 2.54. The average molecular weight is 156 g/mol. The van der Waals surface area contributed by atoms with Gasteiger partial charge in [0.2, 0.25) is 0 Å². The molecular weight excluding hydrogens is 140 g/mol. The van der Waals surface area contributed by atoms with E-state index in [0.717, 1.165) is 18.4 Å². The van der Waals surface area contributed by atoms with E-state index in [1.807, 2.05) is 13.8 Å². The molecule has 1 N–H and O–H groups in total. The lowest BCUT2D eigenvalue weighted by molar-refractivity contribution is -0.132. The first-order chi connectivity index (χ1) is 5.13. The molecule has 0 amide bonds. The van der Waals surface area contributed by atoms with Gasteiger partial charge in [0.1, 0.15) is 0 Å². The maximum absolute atomic E-state index is 10.6. The summed E-state index contributed by atoms with van der Waals surface area (Å²) in [5, 5.41) is 8.71. The van der Waals surface area contributed by atoms with Crippen LogP contribution in [0.25, 0.3) is 0 Å². The van der Waals surface area contributed by atoms with Gasteiger partial charge in [0.05, 0.1) is 0 Å². The van der Waals surface area contributed by atoms with Crippen molar-refractivity contribution in [1.82, 2.24) is 0 Å². The van der Waals surface area contributed by atoms with E-state index < -0.39 is 5.97 Å². The standard InChI is InChI=1S/C9H16O2/c1-4-6-7(3)8(5-2)9(10)11/h4-6H2,1-3H3,(H,10,11)/b8-7-. The molecule has 0 bridgehead atoms. The fourth-order valence-corrected chi connectivity index (χ4v) is 1.16. The summed E-state index contributed by atoms with van der Waals surface area (Å²) in [7, 11) is 0. The fourth-order valence-electron chi connectivity index (χ4n) is 1.16. The summed E-state index contributed by atoms with van der Waals surface area (Å²) < 4.78 is 0. The largest absolute Gasteiger partial charge is 0.478 e. The van der Waals surface area contributed by atoms with Crippen LogP contribution in [0.4, 0.5) is 0 Å². The van der Waals surface area contributed by atoms with Gasteiger partial charge in [-0.3, -0.25) is 0 Å². The Balaban J connectivity index is 4.40. The third kappa shape index (κ3) is 3.21. The van der Waals surface area contributed by atoms with Crippen LogP contribution in [0.2, 0.25) is 0 Å². The molecule has 0 aliphatic heterocycles. The topological polar surface area (TPSA) is 37.3 Å². The monoisotopic (exact) mass is 156 g/mol. The number of allylic oxidation sites excluding steroid dienone is 1. The fraction of sp³-hybridized carbons (Fsp3) is 0.667. The zero-order chi connectivity index (χ0) is 8.85. The van der Waals surface area contributed by atoms with E-state index in [1.165, 1.54) is 0 Å². The Morgan fingerprint density at radius 2 is 1.91 bits per heavy atom. The van der Waals surface area contributed by atoms with Crippen molar-refractivity contribution in [2.45, 2.75) is 40.0 Å². The van der Waals surface area contributed by atoms with Crippen LogP contribution in [-0.4, -0.2) is 11.1 Å². The molecule has 0 saturated heterocycles. The van der Waals surface area contributed by atoms with Gasteiger partial charge in [-0.25, -0.2) is 4.79 Å². The molecule has 0 aliphatic carbocycles. The van der Waals surface area contributed by atoms with Crippen molar-refractivity contribution in [3.8, 4) is 0 Å². The van der Waals surface area contributed by atoms with E-state index in [2.05, 4.69) is 6.92 Å². The average Bonchev–Trinajstić information content (AvgIpc) is 1.88. The molecule has 0 saturated carbocycles. The minimum Gasteiger partial charge on any atom is -0.478 e. The molecule has 0 heterocycles. The quantitative estimate of drug-likeness (QED) is 0.635. The predicted molar refractivity (Wildman–Crippen MR) is 45.5 cm³/mol. The molecule has 0 atom stereocenters. The molecule has 64 valence electrons. The number of rotatable bonds is 4. The Hall–Kier alpha value is -0.790. The minimum absolute atomic E-state index is 0.576. The Morgan fingerprint density at radius 3 is 2.18 bits per heavy atom. The summed E-state index contributed by atoms with van der Waals surface area (Å²) in [5.74, 6) is -0.765. The zero-order valence-electron chi connectivity index (χ0n) is 7.48. The van der Waals surface area contributed by atoms with Gasteiger partial charge in [0.25, 0.3) is 0 Å². The zero-order valence-corrected chi connectivity index (χ0v) is 7.48. The number of aliphatic carboxylic acids is 1. The number of carboxylic acids is 1. The van der Waals surface area contributed by atoms with Crippen LogP contribution in [0.5, 0.6) is 0 Å². The van der Waals surface area contributed by atoms with E-state index >= 15 is 0 Å². The van der Waals surface area contributed by atoms with Crippen molar-refractivity contribution in [1.29, 1.82) is 0 Å². The summed E-state index contributed by atoms with van der Waals surface area (Å²) in [5.41, 5.74) is 1.59. The smallest absolute Gasteiger partial charge is 0.331 e. The van der Waals surface area contributed by atoms with Crippen molar-refractivity contribution in [2.75, 3.05) is 0 Å². The molecule has 0 radical (unpaired) electrons. The Kier molecular flexibility index (Phi) is 4.59. The third-order valence-corrected chi connectivity index (χ3v) is 1.75. The highest BCUT2D eigenvalue weighted by molar-refractivity contribution is 5.87. The number of carboxylic acid groups (broad SMARTS) is 1. The molecule has 0 aliphatic rings. The van der Waals surface area contributed by atoms with Crippen molar-refractivity contribution in [3.05, 3.63) is 11.1 Å². The first-order valence-electron chi connectivity index (χ1n) is 4.05. The normalized spacial score (nSPS) is 12.6. The summed E-state index contributed by atoms with van der Waals surface area (Å²) in [6, 6.07) is 0. The van der Waals surface area contributed by atoms with Gasteiger partial charge in [-0.15, -0.1) is 0 Å². The Bertz CT molecular complexity index is 168. The molecule has 0 rings (SSSR count). The molecule has 2 nitrogen and oxygen atoms in total. The van der Waals surface area contributed by atoms with Crippen molar-refractivity contribution in [3.63, 3.8) is 0 Å². The van der Waals surface area contributed by atoms with Gasteiger partial charge in [-0.1, -0.05) is 25.8 Å². The van der Waals surface area contributed by atoms with Gasteiger partial charge in [-0.05, 0) is 19.8 Å².